The van der Waals surface area contributed by atoms with Crippen molar-refractivity contribution >= 4 is 5.97 Å². The minimum atomic E-state index is -0.501. The van der Waals surface area contributed by atoms with E-state index in [1.807, 2.05) is 67.6 Å². The van der Waals surface area contributed by atoms with Crippen molar-refractivity contribution in [1.82, 2.24) is 0 Å². The summed E-state index contributed by atoms with van der Waals surface area (Å²) in [6, 6.07) is 21.3. The minimum Gasteiger partial charge on any atom is -0.488 e. The first-order chi connectivity index (χ1) is 14.6. The van der Waals surface area contributed by atoms with Gasteiger partial charge in [-0.2, -0.15) is 0 Å². The van der Waals surface area contributed by atoms with E-state index in [0.717, 1.165) is 16.7 Å². The Bertz CT molecular complexity index is 968. The lowest BCUT2D eigenvalue weighted by Crippen LogP contribution is -2.13. The topological polar surface area (TPSA) is 65.0 Å². The molecule has 0 bridgehead atoms. The van der Waals surface area contributed by atoms with Crippen LogP contribution in [0.1, 0.15) is 32.6 Å². The Morgan fingerprint density at radius 3 is 1.90 bits per heavy atom. The van der Waals surface area contributed by atoms with Crippen LogP contribution in [0.3, 0.4) is 0 Å². The number of methoxy groups -OCH3 is 1. The van der Waals surface area contributed by atoms with Crippen LogP contribution in [0, 0.1) is 6.92 Å². The minimum absolute atomic E-state index is 0.106. The summed E-state index contributed by atoms with van der Waals surface area (Å²) in [5, 5.41) is 9.59. The van der Waals surface area contributed by atoms with Gasteiger partial charge in [0.1, 0.15) is 30.3 Å². The summed E-state index contributed by atoms with van der Waals surface area (Å²) in [5.74, 6) is 0.486. The highest BCUT2D eigenvalue weighted by Gasteiger charge is 2.23. The Kier molecular flexibility index (Phi) is 7.46. The van der Waals surface area contributed by atoms with E-state index >= 15 is 0 Å². The summed E-state index contributed by atoms with van der Waals surface area (Å²) >= 11 is 0. The molecule has 0 aliphatic carbocycles. The second-order valence-corrected chi connectivity index (χ2v) is 6.87. The number of aliphatic hydroxyl groups excluding tert-OH is 1. The van der Waals surface area contributed by atoms with Crippen LogP contribution in [0.15, 0.2) is 66.7 Å². The van der Waals surface area contributed by atoms with Crippen molar-refractivity contribution in [2.24, 2.45) is 0 Å². The highest BCUT2D eigenvalue weighted by Crippen LogP contribution is 2.35. The fraction of sp³-hybridized carbons (Fsp3) is 0.240. The zero-order chi connectivity index (χ0) is 21.3. The number of benzene rings is 3. The first-order valence-corrected chi connectivity index (χ1v) is 9.83. The maximum absolute atomic E-state index is 12.6. The van der Waals surface area contributed by atoms with Crippen molar-refractivity contribution in [2.75, 3.05) is 13.7 Å². The van der Waals surface area contributed by atoms with Crippen LogP contribution < -0.4 is 9.47 Å². The normalized spacial score (nSPS) is 10.5. The van der Waals surface area contributed by atoms with E-state index in [9.17, 15) is 9.90 Å². The van der Waals surface area contributed by atoms with Gasteiger partial charge in [-0.05, 0) is 35.6 Å². The summed E-state index contributed by atoms with van der Waals surface area (Å²) in [6.07, 6.45) is 0.292. The Labute approximate surface area is 176 Å². The highest BCUT2D eigenvalue weighted by molar-refractivity contribution is 5.95. The molecule has 30 heavy (non-hydrogen) atoms. The molecule has 3 aromatic carbocycles. The number of carbonyl (C=O) groups excluding carboxylic acids is 1. The number of hydrogen-bond donors (Lipinski definition) is 1. The zero-order valence-electron chi connectivity index (χ0n) is 17.3. The molecule has 0 amide bonds. The van der Waals surface area contributed by atoms with Gasteiger partial charge in [-0.15, -0.1) is 0 Å². The molecule has 3 aromatic rings. The Morgan fingerprint density at radius 1 is 0.867 bits per heavy atom. The predicted molar refractivity (Wildman–Crippen MR) is 115 cm³/mol. The maximum Gasteiger partial charge on any atom is 0.341 e. The van der Waals surface area contributed by atoms with E-state index in [4.69, 9.17) is 14.2 Å². The number of aliphatic hydroxyl groups is 1. The van der Waals surface area contributed by atoms with Crippen molar-refractivity contribution in [3.8, 4) is 11.5 Å². The SMILES string of the molecule is COC(=O)c1c(OCc2ccccc2)cc(OCc2ccccc2)c(C)c1CCO. The molecule has 5 nitrogen and oxygen atoms in total. The molecule has 1 N–H and O–H groups in total. The monoisotopic (exact) mass is 406 g/mol. The van der Waals surface area contributed by atoms with Gasteiger partial charge in [0, 0.05) is 12.7 Å². The van der Waals surface area contributed by atoms with Gasteiger partial charge in [0.25, 0.3) is 0 Å². The van der Waals surface area contributed by atoms with Gasteiger partial charge in [0.05, 0.1) is 7.11 Å². The van der Waals surface area contributed by atoms with E-state index < -0.39 is 5.97 Å². The third-order valence-electron chi connectivity index (χ3n) is 4.86. The molecule has 3 rings (SSSR count). The van der Waals surface area contributed by atoms with Gasteiger partial charge in [-0.25, -0.2) is 4.79 Å². The lowest BCUT2D eigenvalue weighted by Gasteiger charge is -2.20. The number of esters is 1. The molecule has 0 radical (unpaired) electrons. The van der Waals surface area contributed by atoms with Gasteiger partial charge in [0.15, 0.2) is 0 Å². The van der Waals surface area contributed by atoms with E-state index in [1.54, 1.807) is 6.07 Å². The Morgan fingerprint density at radius 2 is 1.40 bits per heavy atom. The van der Waals surface area contributed by atoms with Crippen LogP contribution in [0.25, 0.3) is 0 Å². The largest absolute Gasteiger partial charge is 0.488 e. The Hall–Kier alpha value is -3.31. The summed E-state index contributed by atoms with van der Waals surface area (Å²) in [7, 11) is 1.33. The van der Waals surface area contributed by atoms with Gasteiger partial charge < -0.3 is 19.3 Å². The average Bonchev–Trinajstić information content (AvgIpc) is 2.79. The highest BCUT2D eigenvalue weighted by atomic mass is 16.5. The summed E-state index contributed by atoms with van der Waals surface area (Å²) in [5.41, 5.74) is 3.78. The first kappa shape index (κ1) is 21.4. The second-order valence-electron chi connectivity index (χ2n) is 6.87. The third kappa shape index (κ3) is 5.19. The molecule has 0 unspecified atom stereocenters. The lowest BCUT2D eigenvalue weighted by molar-refractivity contribution is 0.0593. The van der Waals surface area contributed by atoms with Crippen LogP contribution >= 0.6 is 0 Å². The van der Waals surface area contributed by atoms with Crippen molar-refractivity contribution in [3.05, 3.63) is 94.5 Å². The fourth-order valence-corrected chi connectivity index (χ4v) is 3.27. The summed E-state index contributed by atoms with van der Waals surface area (Å²) in [6.45, 7) is 2.45. The van der Waals surface area contributed by atoms with Gasteiger partial charge in [0.2, 0.25) is 0 Å². The molecular formula is C25H26O5. The van der Waals surface area contributed by atoms with Crippen LogP contribution in [0.4, 0.5) is 0 Å². The molecular weight excluding hydrogens is 380 g/mol. The molecule has 0 aliphatic rings. The van der Waals surface area contributed by atoms with Crippen LogP contribution in [0.5, 0.6) is 11.5 Å². The Balaban J connectivity index is 1.97. The summed E-state index contributed by atoms with van der Waals surface area (Å²) < 4.78 is 17.1. The van der Waals surface area contributed by atoms with Crippen molar-refractivity contribution < 1.29 is 24.1 Å². The molecule has 0 fully saturated rings. The zero-order valence-corrected chi connectivity index (χ0v) is 17.3. The number of hydrogen-bond acceptors (Lipinski definition) is 5. The molecule has 156 valence electrons. The van der Waals surface area contributed by atoms with Gasteiger partial charge in [-0.1, -0.05) is 60.7 Å². The van der Waals surface area contributed by atoms with Crippen LogP contribution in [-0.4, -0.2) is 24.8 Å². The molecule has 0 aliphatic heterocycles. The standard InChI is InChI=1S/C25H26O5/c1-18-21(13-14-26)24(25(27)28-2)23(30-17-20-11-7-4-8-12-20)15-22(18)29-16-19-9-5-3-6-10-19/h3-12,15,26H,13-14,16-17H2,1-2H3. The first-order valence-electron chi connectivity index (χ1n) is 9.83. The average molecular weight is 406 g/mol. The quantitative estimate of drug-likeness (QED) is 0.531. The smallest absolute Gasteiger partial charge is 0.341 e. The molecule has 0 heterocycles. The maximum atomic E-state index is 12.6. The molecule has 5 heteroatoms. The van der Waals surface area contributed by atoms with E-state index in [-0.39, 0.29) is 6.61 Å². The van der Waals surface area contributed by atoms with E-state index in [2.05, 4.69) is 0 Å². The van der Waals surface area contributed by atoms with Crippen molar-refractivity contribution in [2.45, 2.75) is 26.6 Å². The van der Waals surface area contributed by atoms with Gasteiger partial charge >= 0.3 is 5.97 Å². The molecule has 0 saturated heterocycles. The number of rotatable bonds is 9. The number of carbonyl (C=O) groups is 1. The molecule has 0 saturated carbocycles. The van der Waals surface area contributed by atoms with Crippen molar-refractivity contribution in [3.63, 3.8) is 0 Å². The third-order valence-corrected chi connectivity index (χ3v) is 4.86. The molecule has 0 atom stereocenters. The fourth-order valence-electron chi connectivity index (χ4n) is 3.27. The lowest BCUT2D eigenvalue weighted by atomic mass is 9.97. The van der Waals surface area contributed by atoms with Crippen molar-refractivity contribution in [1.29, 1.82) is 0 Å². The summed E-state index contributed by atoms with van der Waals surface area (Å²) in [4.78, 5) is 12.6. The van der Waals surface area contributed by atoms with Crippen LogP contribution in [-0.2, 0) is 24.4 Å². The predicted octanol–water partition coefficient (Wildman–Crippen LogP) is 4.47. The second kappa shape index (κ2) is 10.5. The van der Waals surface area contributed by atoms with Gasteiger partial charge in [-0.3, -0.25) is 0 Å². The van der Waals surface area contributed by atoms with Crippen LogP contribution in [0.2, 0.25) is 0 Å². The molecule has 0 spiro atoms. The van der Waals surface area contributed by atoms with E-state index in [0.29, 0.717) is 42.3 Å². The molecule has 0 aromatic heterocycles. The van der Waals surface area contributed by atoms with E-state index in [1.165, 1.54) is 7.11 Å². The number of ether oxygens (including phenoxy) is 3.